The number of hydrogen-bond acceptors (Lipinski definition) is 3. The van der Waals surface area contributed by atoms with Crippen molar-refractivity contribution in [1.29, 1.82) is 0 Å². The lowest BCUT2D eigenvalue weighted by Gasteiger charge is -2.31. The van der Waals surface area contributed by atoms with E-state index in [0.29, 0.717) is 19.1 Å². The number of ether oxygens (including phenoxy) is 1. The van der Waals surface area contributed by atoms with E-state index in [1.54, 1.807) is 0 Å². The molecule has 2 rings (SSSR count). The number of benzene rings is 2. The summed E-state index contributed by atoms with van der Waals surface area (Å²) < 4.78 is 6.05. The molecule has 0 unspecified atom stereocenters. The SMILES string of the molecule is C=C(c1cc(C)ccc1OCC(C)C)N(C)CC(=C)N(CC)c1ccccc1. The second-order valence-corrected chi connectivity index (χ2v) is 7.65. The Morgan fingerprint density at radius 1 is 1.07 bits per heavy atom. The van der Waals surface area contributed by atoms with Gasteiger partial charge in [-0.05, 0) is 44.0 Å². The van der Waals surface area contributed by atoms with E-state index in [-0.39, 0.29) is 0 Å². The lowest BCUT2D eigenvalue weighted by atomic mass is 10.1. The lowest BCUT2D eigenvalue weighted by molar-refractivity contribution is 0.269. The van der Waals surface area contributed by atoms with E-state index in [4.69, 9.17) is 4.74 Å². The summed E-state index contributed by atoms with van der Waals surface area (Å²) in [6.07, 6.45) is 0. The van der Waals surface area contributed by atoms with Crippen LogP contribution in [0.2, 0.25) is 0 Å². The summed E-state index contributed by atoms with van der Waals surface area (Å²) in [5.41, 5.74) is 5.37. The van der Waals surface area contributed by atoms with Gasteiger partial charge in [0.05, 0.1) is 13.2 Å². The zero-order valence-electron chi connectivity index (χ0n) is 18.0. The lowest BCUT2D eigenvalue weighted by Crippen LogP contribution is -2.30. The fourth-order valence-electron chi connectivity index (χ4n) is 3.11. The van der Waals surface area contributed by atoms with Gasteiger partial charge >= 0.3 is 0 Å². The van der Waals surface area contributed by atoms with E-state index < -0.39 is 0 Å². The smallest absolute Gasteiger partial charge is 0.128 e. The second-order valence-electron chi connectivity index (χ2n) is 7.65. The summed E-state index contributed by atoms with van der Waals surface area (Å²) in [5.74, 6) is 1.36. The Balaban J connectivity index is 2.15. The van der Waals surface area contributed by atoms with Gasteiger partial charge in [0.2, 0.25) is 0 Å². The molecule has 0 amide bonds. The predicted octanol–water partition coefficient (Wildman–Crippen LogP) is 5.97. The Bertz CT molecular complexity index is 795. The number of nitrogens with zero attached hydrogens (tertiary/aromatic N) is 2. The Morgan fingerprint density at radius 3 is 2.36 bits per heavy atom. The van der Waals surface area contributed by atoms with E-state index in [9.17, 15) is 0 Å². The van der Waals surface area contributed by atoms with Gasteiger partial charge in [-0.15, -0.1) is 0 Å². The van der Waals surface area contributed by atoms with Crippen LogP contribution >= 0.6 is 0 Å². The van der Waals surface area contributed by atoms with Gasteiger partial charge < -0.3 is 14.5 Å². The van der Waals surface area contributed by atoms with E-state index in [2.05, 4.69) is 94.1 Å². The van der Waals surface area contributed by atoms with Crippen molar-refractivity contribution in [2.75, 3.05) is 31.6 Å². The maximum absolute atomic E-state index is 6.05. The van der Waals surface area contributed by atoms with Crippen LogP contribution in [-0.4, -0.2) is 31.6 Å². The average molecular weight is 379 g/mol. The van der Waals surface area contributed by atoms with Crippen molar-refractivity contribution in [1.82, 2.24) is 4.90 Å². The van der Waals surface area contributed by atoms with Crippen molar-refractivity contribution < 1.29 is 4.74 Å². The van der Waals surface area contributed by atoms with E-state index in [1.165, 1.54) is 5.56 Å². The van der Waals surface area contributed by atoms with Crippen LogP contribution in [0.5, 0.6) is 5.75 Å². The van der Waals surface area contributed by atoms with Gasteiger partial charge in [0, 0.05) is 36.2 Å². The van der Waals surface area contributed by atoms with Crippen LogP contribution in [0.15, 0.2) is 67.4 Å². The summed E-state index contributed by atoms with van der Waals surface area (Å²) in [6.45, 7) is 19.5. The summed E-state index contributed by atoms with van der Waals surface area (Å²) in [4.78, 5) is 4.38. The van der Waals surface area contributed by atoms with Gasteiger partial charge in [-0.2, -0.15) is 0 Å². The Labute approximate surface area is 170 Å². The Kier molecular flexibility index (Phi) is 7.74. The minimum absolute atomic E-state index is 0.476. The van der Waals surface area contributed by atoms with E-state index in [0.717, 1.165) is 34.9 Å². The maximum Gasteiger partial charge on any atom is 0.128 e. The van der Waals surface area contributed by atoms with Gasteiger partial charge in [-0.25, -0.2) is 0 Å². The molecule has 0 saturated carbocycles. The number of anilines is 1. The van der Waals surface area contributed by atoms with Crippen molar-refractivity contribution in [2.24, 2.45) is 5.92 Å². The van der Waals surface area contributed by atoms with Crippen LogP contribution < -0.4 is 9.64 Å². The first kappa shape index (κ1) is 21.6. The Morgan fingerprint density at radius 2 is 1.75 bits per heavy atom. The second kappa shape index (κ2) is 10.0. The molecule has 3 nitrogen and oxygen atoms in total. The topological polar surface area (TPSA) is 15.7 Å². The minimum atomic E-state index is 0.476. The standard InChI is InChI=1S/C25H34N2O/c1-8-27(23-12-10-9-11-13-23)21(5)17-26(7)22(6)24-16-20(4)14-15-25(24)28-18-19(2)3/h9-16,19H,5-6,8,17-18H2,1-4,7H3. The molecular formula is C25H34N2O. The highest BCUT2D eigenvalue weighted by Crippen LogP contribution is 2.29. The number of rotatable bonds is 10. The van der Waals surface area contributed by atoms with Gasteiger partial charge in [-0.3, -0.25) is 0 Å². The third-order valence-electron chi connectivity index (χ3n) is 4.66. The largest absolute Gasteiger partial charge is 0.493 e. The molecule has 0 bridgehead atoms. The molecule has 0 heterocycles. The minimum Gasteiger partial charge on any atom is -0.493 e. The molecule has 2 aromatic rings. The normalized spacial score (nSPS) is 10.6. The molecule has 0 fully saturated rings. The molecule has 150 valence electrons. The summed E-state index contributed by atoms with van der Waals surface area (Å²) in [6, 6.07) is 16.6. The molecule has 0 saturated heterocycles. The summed E-state index contributed by atoms with van der Waals surface area (Å²) >= 11 is 0. The number of likely N-dealkylation sites (N-methyl/N-ethyl adjacent to an activating group) is 2. The summed E-state index contributed by atoms with van der Waals surface area (Å²) in [7, 11) is 2.06. The molecule has 0 aliphatic rings. The number of hydrogen-bond donors (Lipinski definition) is 0. The molecule has 0 aliphatic heterocycles. The van der Waals surface area contributed by atoms with E-state index in [1.807, 2.05) is 12.1 Å². The predicted molar refractivity (Wildman–Crippen MR) is 122 cm³/mol. The molecular weight excluding hydrogens is 344 g/mol. The first-order valence-corrected chi connectivity index (χ1v) is 9.97. The first-order chi connectivity index (χ1) is 13.3. The maximum atomic E-state index is 6.05. The van der Waals surface area contributed by atoms with Crippen molar-refractivity contribution in [3.8, 4) is 5.75 Å². The molecule has 0 atom stereocenters. The molecule has 3 heteroatoms. The third-order valence-corrected chi connectivity index (χ3v) is 4.66. The molecule has 0 N–H and O–H groups in total. The molecule has 28 heavy (non-hydrogen) atoms. The highest BCUT2D eigenvalue weighted by molar-refractivity contribution is 5.68. The average Bonchev–Trinajstić information content (AvgIpc) is 2.67. The van der Waals surface area contributed by atoms with Gasteiger partial charge in [0.15, 0.2) is 0 Å². The first-order valence-electron chi connectivity index (χ1n) is 9.97. The van der Waals surface area contributed by atoms with Crippen molar-refractivity contribution >= 4 is 11.4 Å². The quantitative estimate of drug-likeness (QED) is 0.506. The molecule has 0 radical (unpaired) electrons. The van der Waals surface area contributed by atoms with Crippen molar-refractivity contribution in [2.45, 2.75) is 27.7 Å². The number of para-hydroxylation sites is 1. The van der Waals surface area contributed by atoms with Gasteiger partial charge in [0.1, 0.15) is 5.75 Å². The van der Waals surface area contributed by atoms with Crippen LogP contribution in [0.4, 0.5) is 5.69 Å². The monoisotopic (exact) mass is 378 g/mol. The fourth-order valence-corrected chi connectivity index (χ4v) is 3.11. The third kappa shape index (κ3) is 5.66. The van der Waals surface area contributed by atoms with Gasteiger partial charge in [-0.1, -0.05) is 56.8 Å². The fraction of sp³-hybridized carbons (Fsp3) is 0.360. The van der Waals surface area contributed by atoms with E-state index >= 15 is 0 Å². The van der Waals surface area contributed by atoms with Crippen molar-refractivity contribution in [3.05, 3.63) is 78.5 Å². The molecule has 0 aromatic heterocycles. The van der Waals surface area contributed by atoms with Crippen molar-refractivity contribution in [3.63, 3.8) is 0 Å². The molecule has 0 aliphatic carbocycles. The highest BCUT2D eigenvalue weighted by Gasteiger charge is 2.15. The number of aryl methyl sites for hydroxylation is 1. The zero-order chi connectivity index (χ0) is 20.7. The van der Waals surface area contributed by atoms with Crippen LogP contribution in [0, 0.1) is 12.8 Å². The summed E-state index contributed by atoms with van der Waals surface area (Å²) in [5, 5.41) is 0. The van der Waals surface area contributed by atoms with Crippen LogP contribution in [-0.2, 0) is 0 Å². The zero-order valence-corrected chi connectivity index (χ0v) is 18.0. The molecule has 2 aromatic carbocycles. The highest BCUT2D eigenvalue weighted by atomic mass is 16.5. The van der Waals surface area contributed by atoms with Crippen LogP contribution in [0.1, 0.15) is 31.9 Å². The Hall–Kier alpha value is -2.68. The van der Waals surface area contributed by atoms with Crippen LogP contribution in [0.3, 0.4) is 0 Å². The van der Waals surface area contributed by atoms with Gasteiger partial charge in [0.25, 0.3) is 0 Å². The molecule has 0 spiro atoms. The van der Waals surface area contributed by atoms with Crippen LogP contribution in [0.25, 0.3) is 5.70 Å².